The maximum Gasteiger partial charge on any atom is 0.335 e. The number of thiazole rings is 1. The average molecular weight is 500 g/mol. The number of nitrogens with zero attached hydrogens (tertiary/aromatic N) is 3. The van der Waals surface area contributed by atoms with Crippen LogP contribution in [0.1, 0.15) is 97.5 Å². The summed E-state index contributed by atoms with van der Waals surface area (Å²) < 4.78 is 27.0. The fourth-order valence-corrected chi connectivity index (χ4v) is 6.55. The molecule has 6 rings (SSSR count). The van der Waals surface area contributed by atoms with Crippen molar-refractivity contribution in [1.82, 2.24) is 10.1 Å². The molecule has 3 aromatic rings. The Balaban J connectivity index is 1.15. The largest absolute Gasteiger partial charge is 0.478 e. The van der Waals surface area contributed by atoms with E-state index in [1.165, 1.54) is 48.6 Å². The van der Waals surface area contributed by atoms with Crippen LogP contribution in [0.2, 0.25) is 0 Å². The summed E-state index contributed by atoms with van der Waals surface area (Å²) in [5.74, 6) is 0.386. The van der Waals surface area contributed by atoms with E-state index in [2.05, 4.69) is 22.0 Å². The zero-order valence-electron chi connectivity index (χ0n) is 19.8. The Morgan fingerprint density at radius 1 is 1.20 bits per heavy atom. The molecule has 7 nitrogen and oxygen atoms in total. The molecule has 0 radical (unpaired) electrons. The maximum atomic E-state index is 14.6. The lowest BCUT2D eigenvalue weighted by Gasteiger charge is -2.29. The van der Waals surface area contributed by atoms with Crippen LogP contribution in [0.4, 0.5) is 9.52 Å². The summed E-state index contributed by atoms with van der Waals surface area (Å²) in [7, 11) is 0. The first-order valence-electron chi connectivity index (χ1n) is 12.7. The molecule has 0 bridgehead atoms. The number of aromatic carboxylic acids is 1. The van der Waals surface area contributed by atoms with E-state index in [0.29, 0.717) is 35.8 Å². The number of carboxylic acids is 1. The van der Waals surface area contributed by atoms with Crippen LogP contribution in [0.15, 0.2) is 16.7 Å². The van der Waals surface area contributed by atoms with Gasteiger partial charge >= 0.3 is 5.97 Å². The number of carbonyl (C=O) groups is 1. The molecule has 3 fully saturated rings. The van der Waals surface area contributed by atoms with Crippen LogP contribution in [-0.4, -0.2) is 39.9 Å². The van der Waals surface area contributed by atoms with Crippen molar-refractivity contribution in [2.45, 2.75) is 88.8 Å². The number of halogens is 1. The Morgan fingerprint density at radius 3 is 2.69 bits per heavy atom. The van der Waals surface area contributed by atoms with Gasteiger partial charge in [0, 0.05) is 36.1 Å². The first-order valence-corrected chi connectivity index (χ1v) is 13.5. The van der Waals surface area contributed by atoms with Crippen LogP contribution in [0.25, 0.3) is 10.2 Å². The first kappa shape index (κ1) is 22.9. The van der Waals surface area contributed by atoms with Crippen LogP contribution in [0, 0.1) is 5.82 Å². The molecule has 1 saturated heterocycles. The molecule has 2 aromatic heterocycles. The number of benzene rings is 1. The molecule has 3 heterocycles. The van der Waals surface area contributed by atoms with Crippen LogP contribution in [-0.2, 0) is 11.3 Å². The molecule has 2 aliphatic carbocycles. The third-order valence-corrected chi connectivity index (χ3v) is 8.61. The van der Waals surface area contributed by atoms with E-state index in [-0.39, 0.29) is 17.1 Å². The number of anilines is 1. The fourth-order valence-electron chi connectivity index (χ4n) is 5.39. The highest BCUT2D eigenvalue weighted by atomic mass is 32.1. The number of ether oxygens (including phenoxy) is 1. The number of hydrogen-bond donors (Lipinski definition) is 1. The molecule has 9 heteroatoms. The lowest BCUT2D eigenvalue weighted by atomic mass is 10.1. The highest BCUT2D eigenvalue weighted by Gasteiger charge is 2.37. The molecule has 0 spiro atoms. The number of aromatic nitrogens is 2. The lowest BCUT2D eigenvalue weighted by molar-refractivity contribution is 0.0696. The molecule has 1 unspecified atom stereocenters. The Bertz CT molecular complexity index is 1220. The van der Waals surface area contributed by atoms with E-state index in [1.54, 1.807) is 0 Å². The SMILES string of the molecule is CCC1CC[C@@H](CCOCc2c(C3CC3)noc2C2CC2)N1c1nc2c(F)cc(C(=O)O)cc2s1. The van der Waals surface area contributed by atoms with Gasteiger partial charge in [-0.25, -0.2) is 14.2 Å². The van der Waals surface area contributed by atoms with Crippen molar-refractivity contribution in [3.63, 3.8) is 0 Å². The average Bonchev–Trinajstić information content (AvgIpc) is 3.75. The zero-order chi connectivity index (χ0) is 24.1. The summed E-state index contributed by atoms with van der Waals surface area (Å²) in [5, 5.41) is 14.4. The molecular formula is C26H30FN3O4S. The van der Waals surface area contributed by atoms with Crippen molar-refractivity contribution >= 4 is 32.7 Å². The molecule has 2 saturated carbocycles. The quantitative estimate of drug-likeness (QED) is 0.331. The monoisotopic (exact) mass is 499 g/mol. The predicted molar refractivity (Wildman–Crippen MR) is 131 cm³/mol. The Kier molecular flexibility index (Phi) is 6.00. The summed E-state index contributed by atoms with van der Waals surface area (Å²) >= 11 is 1.37. The van der Waals surface area contributed by atoms with Gasteiger partial charge in [-0.2, -0.15) is 0 Å². The second-order valence-corrected chi connectivity index (χ2v) is 11.1. The first-order chi connectivity index (χ1) is 17.0. The zero-order valence-corrected chi connectivity index (χ0v) is 20.7. The number of hydrogen-bond acceptors (Lipinski definition) is 7. The van der Waals surface area contributed by atoms with Gasteiger partial charge in [0.05, 0.1) is 22.6 Å². The van der Waals surface area contributed by atoms with Crippen molar-refractivity contribution in [3.8, 4) is 0 Å². The van der Waals surface area contributed by atoms with Gasteiger partial charge in [0.25, 0.3) is 0 Å². The van der Waals surface area contributed by atoms with Crippen LogP contribution in [0.3, 0.4) is 0 Å². The summed E-state index contributed by atoms with van der Waals surface area (Å²) in [6.07, 6.45) is 8.67. The molecule has 0 amide bonds. The highest BCUT2D eigenvalue weighted by molar-refractivity contribution is 7.22. The third-order valence-electron chi connectivity index (χ3n) is 7.60. The minimum absolute atomic E-state index is 0.0477. The van der Waals surface area contributed by atoms with Gasteiger partial charge in [0.15, 0.2) is 10.9 Å². The Labute approximate surface area is 207 Å². The number of rotatable bonds is 10. The van der Waals surface area contributed by atoms with Gasteiger partial charge in [0.2, 0.25) is 0 Å². The smallest absolute Gasteiger partial charge is 0.335 e. The third kappa shape index (κ3) is 4.44. The molecule has 186 valence electrons. The topological polar surface area (TPSA) is 88.7 Å². The van der Waals surface area contributed by atoms with Crippen molar-refractivity contribution < 1.29 is 23.6 Å². The van der Waals surface area contributed by atoms with E-state index >= 15 is 0 Å². The van der Waals surface area contributed by atoms with E-state index in [9.17, 15) is 14.3 Å². The molecule has 35 heavy (non-hydrogen) atoms. The highest BCUT2D eigenvalue weighted by Crippen LogP contribution is 2.47. The lowest BCUT2D eigenvalue weighted by Crippen LogP contribution is -2.36. The van der Waals surface area contributed by atoms with Gasteiger partial charge in [-0.1, -0.05) is 23.4 Å². The minimum atomic E-state index is -1.13. The van der Waals surface area contributed by atoms with Gasteiger partial charge in [-0.15, -0.1) is 0 Å². The van der Waals surface area contributed by atoms with Gasteiger partial charge in [-0.3, -0.25) is 0 Å². The summed E-state index contributed by atoms with van der Waals surface area (Å²) in [4.78, 5) is 18.3. The predicted octanol–water partition coefficient (Wildman–Crippen LogP) is 6.23. The Morgan fingerprint density at radius 2 is 1.97 bits per heavy atom. The van der Waals surface area contributed by atoms with Crippen molar-refractivity contribution in [2.75, 3.05) is 11.5 Å². The number of fused-ring (bicyclic) bond motifs is 1. The summed E-state index contributed by atoms with van der Waals surface area (Å²) in [6, 6.07) is 3.17. The van der Waals surface area contributed by atoms with Gasteiger partial charge < -0.3 is 19.3 Å². The fraction of sp³-hybridized carbons (Fsp3) is 0.577. The second-order valence-electron chi connectivity index (χ2n) is 10.1. The Hall–Kier alpha value is -2.52. The van der Waals surface area contributed by atoms with E-state index < -0.39 is 11.8 Å². The van der Waals surface area contributed by atoms with Crippen LogP contribution < -0.4 is 4.90 Å². The summed E-state index contributed by atoms with van der Waals surface area (Å²) in [5.41, 5.74) is 2.49. The van der Waals surface area contributed by atoms with Gasteiger partial charge in [-0.05, 0) is 63.5 Å². The van der Waals surface area contributed by atoms with E-state index in [4.69, 9.17) is 9.26 Å². The van der Waals surface area contributed by atoms with E-state index in [1.807, 2.05) is 0 Å². The molecule has 2 atom stereocenters. The molecular weight excluding hydrogens is 469 g/mol. The molecule has 3 aliphatic rings. The maximum absolute atomic E-state index is 14.6. The normalized spacial score (nSPS) is 22.4. The second kappa shape index (κ2) is 9.17. The van der Waals surface area contributed by atoms with Gasteiger partial charge in [0.1, 0.15) is 11.3 Å². The molecule has 1 N–H and O–H groups in total. The summed E-state index contributed by atoms with van der Waals surface area (Å²) in [6.45, 7) is 3.34. The van der Waals surface area contributed by atoms with Crippen molar-refractivity contribution in [2.24, 2.45) is 0 Å². The molecule has 1 aliphatic heterocycles. The number of carboxylic acid groups (broad SMARTS) is 1. The van der Waals surface area contributed by atoms with E-state index in [0.717, 1.165) is 48.3 Å². The standard InChI is InChI=1S/C26H30FN3O4S/c1-2-17-7-8-18(30(17)26-28-23-20(27)11-16(25(31)32)12-21(23)35-26)9-10-33-13-19-22(14-3-4-14)29-34-24(19)15-5-6-15/h11-12,14-15,17-18H,2-10,13H2,1H3,(H,31,32)/t17?,18-/m0/s1. The molecule has 1 aromatic carbocycles. The van der Waals surface area contributed by atoms with Crippen molar-refractivity contribution in [3.05, 3.63) is 40.5 Å². The minimum Gasteiger partial charge on any atom is -0.478 e. The van der Waals surface area contributed by atoms with Crippen LogP contribution in [0.5, 0.6) is 0 Å². The van der Waals surface area contributed by atoms with Crippen LogP contribution >= 0.6 is 11.3 Å². The van der Waals surface area contributed by atoms with Crippen molar-refractivity contribution in [1.29, 1.82) is 0 Å².